The molecule has 0 aliphatic carbocycles. The van der Waals surface area contributed by atoms with Gasteiger partial charge in [-0.15, -0.1) is 0 Å². The Kier molecular flexibility index (Phi) is 4.43. The van der Waals surface area contributed by atoms with E-state index in [2.05, 4.69) is 10.6 Å². The molecule has 1 amide bonds. The van der Waals surface area contributed by atoms with Crippen molar-refractivity contribution in [3.63, 3.8) is 0 Å². The van der Waals surface area contributed by atoms with E-state index in [1.807, 2.05) is 30.3 Å². The van der Waals surface area contributed by atoms with Crippen LogP contribution in [0.1, 0.15) is 5.56 Å². The highest BCUT2D eigenvalue weighted by molar-refractivity contribution is 8.05. The van der Waals surface area contributed by atoms with E-state index in [1.165, 1.54) is 18.9 Å². The summed E-state index contributed by atoms with van der Waals surface area (Å²) in [5.41, 5.74) is 1.46. The number of nitrogens with one attached hydrogen (secondary N) is 2. The molecular formula is C17H16N2O3S. The van der Waals surface area contributed by atoms with Gasteiger partial charge in [0.1, 0.15) is 0 Å². The van der Waals surface area contributed by atoms with Crippen molar-refractivity contribution in [3.05, 3.63) is 59.0 Å². The summed E-state index contributed by atoms with van der Waals surface area (Å²) in [7, 11) is 1.49. The minimum Gasteiger partial charge on any atom is -0.504 e. The molecular weight excluding hydrogens is 312 g/mol. The summed E-state index contributed by atoms with van der Waals surface area (Å²) in [5, 5.41) is 15.9. The quantitative estimate of drug-likeness (QED) is 0.753. The van der Waals surface area contributed by atoms with Crippen molar-refractivity contribution in [1.82, 2.24) is 5.32 Å². The zero-order valence-corrected chi connectivity index (χ0v) is 13.3. The maximum atomic E-state index is 12.1. The summed E-state index contributed by atoms with van der Waals surface area (Å²) in [6, 6.07) is 14.7. The lowest BCUT2D eigenvalue weighted by atomic mass is 10.2. The van der Waals surface area contributed by atoms with Crippen molar-refractivity contribution >= 4 is 29.4 Å². The second-order valence-corrected chi connectivity index (χ2v) is 6.07. The van der Waals surface area contributed by atoms with Crippen LogP contribution >= 0.6 is 11.8 Å². The van der Waals surface area contributed by atoms with E-state index in [4.69, 9.17) is 4.74 Å². The topological polar surface area (TPSA) is 70.6 Å². The highest BCUT2D eigenvalue weighted by Gasteiger charge is 2.27. The number of phenolic OH excluding ortho intramolecular Hbond substituents is 1. The highest BCUT2D eigenvalue weighted by atomic mass is 32.2. The molecule has 1 heterocycles. The monoisotopic (exact) mass is 328 g/mol. The SMILES string of the molecule is COc1ccc(/C=C2\SC(Nc3ccccc3)NC2=O)cc1O. The normalized spacial score (nSPS) is 18.7. The van der Waals surface area contributed by atoms with Gasteiger partial charge in [0.25, 0.3) is 5.91 Å². The molecule has 23 heavy (non-hydrogen) atoms. The number of methoxy groups -OCH3 is 1. The first-order valence-electron chi connectivity index (χ1n) is 7.03. The van der Waals surface area contributed by atoms with Gasteiger partial charge in [0.2, 0.25) is 0 Å². The van der Waals surface area contributed by atoms with Gasteiger partial charge in [-0.3, -0.25) is 4.79 Å². The molecule has 6 heteroatoms. The van der Waals surface area contributed by atoms with Gasteiger partial charge < -0.3 is 20.5 Å². The molecule has 1 saturated heterocycles. The second kappa shape index (κ2) is 6.66. The molecule has 3 rings (SSSR count). The number of benzene rings is 2. The number of aromatic hydroxyl groups is 1. The first-order valence-corrected chi connectivity index (χ1v) is 7.91. The molecule has 3 N–H and O–H groups in total. The number of phenols is 1. The first kappa shape index (κ1) is 15.3. The van der Waals surface area contributed by atoms with Gasteiger partial charge >= 0.3 is 0 Å². The van der Waals surface area contributed by atoms with Crippen LogP contribution in [0.2, 0.25) is 0 Å². The second-order valence-electron chi connectivity index (χ2n) is 4.92. The van der Waals surface area contributed by atoms with Crippen LogP contribution in [-0.4, -0.2) is 23.6 Å². The van der Waals surface area contributed by atoms with Crippen LogP contribution in [0.3, 0.4) is 0 Å². The molecule has 1 unspecified atom stereocenters. The molecule has 0 aromatic heterocycles. The third-order valence-electron chi connectivity index (χ3n) is 3.30. The van der Waals surface area contributed by atoms with Gasteiger partial charge in [-0.1, -0.05) is 36.0 Å². The molecule has 1 atom stereocenters. The van der Waals surface area contributed by atoms with E-state index >= 15 is 0 Å². The van der Waals surface area contributed by atoms with Crippen LogP contribution in [0.4, 0.5) is 5.69 Å². The molecule has 5 nitrogen and oxygen atoms in total. The van der Waals surface area contributed by atoms with Gasteiger partial charge in [0.05, 0.1) is 12.0 Å². The summed E-state index contributed by atoms with van der Waals surface area (Å²) in [6.07, 6.45) is 1.74. The summed E-state index contributed by atoms with van der Waals surface area (Å²) in [5.74, 6) is 0.308. The Labute approximate surface area is 138 Å². The molecule has 1 fully saturated rings. The van der Waals surface area contributed by atoms with E-state index in [9.17, 15) is 9.90 Å². The molecule has 0 saturated carbocycles. The number of amides is 1. The number of carbonyl (C=O) groups is 1. The summed E-state index contributed by atoms with van der Waals surface area (Å²) in [6.45, 7) is 0. The van der Waals surface area contributed by atoms with Gasteiger partial charge in [0, 0.05) is 5.69 Å². The summed E-state index contributed by atoms with van der Waals surface area (Å²) < 4.78 is 5.01. The molecule has 2 aromatic carbocycles. The van der Waals surface area contributed by atoms with Crippen LogP contribution in [-0.2, 0) is 4.79 Å². The first-order chi connectivity index (χ1) is 11.2. The molecule has 1 aliphatic rings. The van der Waals surface area contributed by atoms with Gasteiger partial charge in [-0.2, -0.15) is 0 Å². The average Bonchev–Trinajstić information content (AvgIpc) is 2.88. The predicted molar refractivity (Wildman–Crippen MR) is 92.2 cm³/mol. The molecule has 0 radical (unpaired) electrons. The number of anilines is 1. The fourth-order valence-corrected chi connectivity index (χ4v) is 3.18. The minimum absolute atomic E-state index is 0.0456. The van der Waals surface area contributed by atoms with Crippen LogP contribution in [0.5, 0.6) is 11.5 Å². The molecule has 118 valence electrons. The lowest BCUT2D eigenvalue weighted by Crippen LogP contribution is -2.30. The smallest absolute Gasteiger partial charge is 0.260 e. The van der Waals surface area contributed by atoms with E-state index in [0.29, 0.717) is 10.7 Å². The van der Waals surface area contributed by atoms with Gasteiger partial charge in [0.15, 0.2) is 17.0 Å². The Morgan fingerprint density at radius 3 is 2.74 bits per heavy atom. The van der Waals surface area contributed by atoms with E-state index in [1.54, 1.807) is 24.3 Å². The Bertz CT molecular complexity index is 747. The maximum absolute atomic E-state index is 12.1. The van der Waals surface area contributed by atoms with Crippen molar-refractivity contribution in [1.29, 1.82) is 0 Å². The molecule has 2 aromatic rings. The van der Waals surface area contributed by atoms with Crippen molar-refractivity contribution < 1.29 is 14.6 Å². The van der Waals surface area contributed by atoms with Gasteiger partial charge in [-0.25, -0.2) is 0 Å². The number of thioether (sulfide) groups is 1. The van der Waals surface area contributed by atoms with E-state index in [-0.39, 0.29) is 17.2 Å². The van der Waals surface area contributed by atoms with E-state index in [0.717, 1.165) is 11.3 Å². The highest BCUT2D eigenvalue weighted by Crippen LogP contribution is 2.32. The predicted octanol–water partition coefficient (Wildman–Crippen LogP) is 3.00. The van der Waals surface area contributed by atoms with Crippen molar-refractivity contribution in [3.8, 4) is 11.5 Å². The average molecular weight is 328 g/mol. The zero-order valence-electron chi connectivity index (χ0n) is 12.4. The van der Waals surface area contributed by atoms with Crippen LogP contribution < -0.4 is 15.4 Å². The number of para-hydroxylation sites is 1. The summed E-state index contributed by atoms with van der Waals surface area (Å²) >= 11 is 1.40. The molecule has 0 bridgehead atoms. The minimum atomic E-state index is -0.219. The lowest BCUT2D eigenvalue weighted by molar-refractivity contribution is -0.116. The fourth-order valence-electron chi connectivity index (χ4n) is 2.20. The Morgan fingerprint density at radius 2 is 2.04 bits per heavy atom. The third-order valence-corrected chi connectivity index (χ3v) is 4.33. The number of rotatable bonds is 4. The zero-order chi connectivity index (χ0) is 16.2. The maximum Gasteiger partial charge on any atom is 0.260 e. The number of ether oxygens (including phenoxy) is 1. The van der Waals surface area contributed by atoms with Crippen LogP contribution in [0, 0.1) is 0 Å². The Balaban J connectivity index is 1.73. The third kappa shape index (κ3) is 3.60. The van der Waals surface area contributed by atoms with Crippen molar-refractivity contribution in [2.24, 2.45) is 0 Å². The summed E-state index contributed by atoms with van der Waals surface area (Å²) in [4.78, 5) is 12.6. The van der Waals surface area contributed by atoms with Crippen molar-refractivity contribution in [2.75, 3.05) is 12.4 Å². The largest absolute Gasteiger partial charge is 0.504 e. The number of carbonyl (C=O) groups excluding carboxylic acids is 1. The Hall–Kier alpha value is -2.60. The van der Waals surface area contributed by atoms with Crippen LogP contribution in [0.25, 0.3) is 6.08 Å². The van der Waals surface area contributed by atoms with E-state index < -0.39 is 0 Å². The lowest BCUT2D eigenvalue weighted by Gasteiger charge is -2.12. The van der Waals surface area contributed by atoms with Crippen molar-refractivity contribution in [2.45, 2.75) is 5.50 Å². The van der Waals surface area contributed by atoms with Crippen LogP contribution in [0.15, 0.2) is 53.4 Å². The standard InChI is InChI=1S/C17H16N2O3S/c1-22-14-8-7-11(9-13(14)20)10-15-16(21)19-17(23-15)18-12-5-3-2-4-6-12/h2-10,17-18,20H,1H3,(H,19,21)/b15-10-. The van der Waals surface area contributed by atoms with Gasteiger partial charge in [-0.05, 0) is 35.9 Å². The number of hydrogen-bond acceptors (Lipinski definition) is 5. The Morgan fingerprint density at radius 1 is 1.26 bits per heavy atom. The fraction of sp³-hybridized carbons (Fsp3) is 0.118. The molecule has 1 aliphatic heterocycles. The molecule has 0 spiro atoms. The number of hydrogen-bond donors (Lipinski definition) is 3.